The maximum atomic E-state index is 11.8. The van der Waals surface area contributed by atoms with E-state index in [0.29, 0.717) is 24.3 Å². The van der Waals surface area contributed by atoms with E-state index in [1.54, 1.807) is 12.3 Å². The van der Waals surface area contributed by atoms with Crippen LogP contribution in [0, 0.1) is 11.1 Å². The third kappa shape index (κ3) is 2.86. The average Bonchev–Trinajstić information content (AvgIpc) is 3.42. The Morgan fingerprint density at radius 1 is 1.36 bits per heavy atom. The van der Waals surface area contributed by atoms with Crippen molar-refractivity contribution in [2.45, 2.75) is 51.2 Å². The van der Waals surface area contributed by atoms with Gasteiger partial charge in [0.15, 0.2) is 0 Å². The van der Waals surface area contributed by atoms with Gasteiger partial charge in [0, 0.05) is 18.0 Å². The first kappa shape index (κ1) is 13.8. The van der Waals surface area contributed by atoms with E-state index < -0.39 is 0 Å². The molecule has 5 nitrogen and oxygen atoms in total. The molecular formula is C17H21N3O2. The van der Waals surface area contributed by atoms with Crippen LogP contribution in [0.1, 0.15) is 49.4 Å². The van der Waals surface area contributed by atoms with E-state index in [1.807, 2.05) is 0 Å². The Hall–Kier alpha value is -1.88. The molecule has 0 amide bonds. The summed E-state index contributed by atoms with van der Waals surface area (Å²) in [6, 6.07) is 6.41. The molecule has 0 radical (unpaired) electrons. The third-order valence-electron chi connectivity index (χ3n) is 4.71. The summed E-state index contributed by atoms with van der Waals surface area (Å²) < 4.78 is 6.86. The van der Waals surface area contributed by atoms with Crippen molar-refractivity contribution in [3.8, 4) is 0 Å². The molecule has 116 valence electrons. The lowest BCUT2D eigenvalue weighted by atomic mass is 10.3. The molecule has 0 bridgehead atoms. The Bertz CT molecular complexity index is 665. The van der Waals surface area contributed by atoms with Gasteiger partial charge in [-0.15, -0.1) is 0 Å². The lowest BCUT2D eigenvalue weighted by molar-refractivity contribution is -0.619. The highest BCUT2D eigenvalue weighted by Crippen LogP contribution is 2.47. The molecule has 2 saturated carbocycles. The van der Waals surface area contributed by atoms with Gasteiger partial charge in [0.1, 0.15) is 24.3 Å². The first-order valence-electron chi connectivity index (χ1n) is 8.06. The third-order valence-corrected chi connectivity index (χ3v) is 4.71. The molecule has 0 aromatic carbocycles. The van der Waals surface area contributed by atoms with Crippen molar-refractivity contribution in [1.29, 1.82) is 0 Å². The first-order chi connectivity index (χ1) is 10.7. The van der Waals surface area contributed by atoms with E-state index >= 15 is 0 Å². The average molecular weight is 299 g/mol. The minimum Gasteiger partial charge on any atom is -0.711 e. The molecule has 0 spiro atoms. The summed E-state index contributed by atoms with van der Waals surface area (Å²) in [5, 5.41) is 11.8. The molecule has 0 unspecified atom stereocenters. The zero-order valence-corrected chi connectivity index (χ0v) is 12.8. The van der Waals surface area contributed by atoms with Gasteiger partial charge in [-0.05, 0) is 37.3 Å². The number of aromatic nitrogens is 2. The number of furan rings is 1. The van der Waals surface area contributed by atoms with Crippen LogP contribution in [0.15, 0.2) is 35.0 Å². The molecule has 5 heteroatoms. The maximum Gasteiger partial charge on any atom is 0.315 e. The number of hydrogen-bond donors (Lipinski definition) is 0. The summed E-state index contributed by atoms with van der Waals surface area (Å²) in [7, 11) is 0. The molecule has 22 heavy (non-hydrogen) atoms. The zero-order valence-electron chi connectivity index (χ0n) is 12.8. The summed E-state index contributed by atoms with van der Waals surface area (Å²) in [6.45, 7) is 3.59. The minimum atomic E-state index is 0.551. The molecule has 0 saturated heterocycles. The molecule has 2 heterocycles. The lowest BCUT2D eigenvalue weighted by Crippen LogP contribution is -2.37. The van der Waals surface area contributed by atoms with Gasteiger partial charge >= 0.3 is 5.82 Å². The predicted molar refractivity (Wildman–Crippen MR) is 80.7 cm³/mol. The molecule has 0 N–H and O–H groups in total. The Balaban J connectivity index is 1.46. The van der Waals surface area contributed by atoms with E-state index in [2.05, 4.69) is 28.9 Å². The molecule has 2 aliphatic carbocycles. The van der Waals surface area contributed by atoms with Gasteiger partial charge in [-0.3, -0.25) is 4.90 Å². The molecule has 2 fully saturated rings. The van der Waals surface area contributed by atoms with Crippen molar-refractivity contribution >= 4 is 0 Å². The fourth-order valence-electron chi connectivity index (χ4n) is 3.03. The van der Waals surface area contributed by atoms with E-state index in [4.69, 9.17) is 4.42 Å². The highest BCUT2D eigenvalue weighted by atomic mass is 16.5. The summed E-state index contributed by atoms with van der Waals surface area (Å²) in [4.78, 5) is 6.50. The monoisotopic (exact) mass is 299 g/mol. The van der Waals surface area contributed by atoms with Crippen LogP contribution in [0.25, 0.3) is 0 Å². The van der Waals surface area contributed by atoms with Gasteiger partial charge in [0.25, 0.3) is 0 Å². The fourth-order valence-corrected chi connectivity index (χ4v) is 3.03. The van der Waals surface area contributed by atoms with Crippen LogP contribution >= 0.6 is 0 Å². The minimum absolute atomic E-state index is 0.551. The molecule has 2 atom stereocenters. The first-order valence-corrected chi connectivity index (χ1v) is 8.06. The van der Waals surface area contributed by atoms with E-state index in [1.165, 1.54) is 25.5 Å². The molecule has 2 aromatic rings. The number of nitrogens with zero attached hydrogens (tertiary/aromatic N) is 3. The van der Waals surface area contributed by atoms with Gasteiger partial charge in [-0.25, -0.2) is 4.73 Å². The summed E-state index contributed by atoms with van der Waals surface area (Å²) >= 11 is 0. The fraction of sp³-hybridized carbons (Fsp3) is 0.529. The van der Waals surface area contributed by atoms with Crippen molar-refractivity contribution in [2.75, 3.05) is 0 Å². The van der Waals surface area contributed by atoms with Crippen LogP contribution < -0.4 is 4.73 Å². The zero-order chi connectivity index (χ0) is 15.1. The summed E-state index contributed by atoms with van der Waals surface area (Å²) in [5.41, 5.74) is 0. The standard InChI is InChI=1S/C17H21N3O2/c1-12-9-15(12)16-6-5-14(22-16)10-19(13-3-4-13)11-17-18-7-2-8-20(17)21/h2,5-8,12-13,15H,3-4,9-11H2,1H3/t12-,15+/m1/s1. The van der Waals surface area contributed by atoms with Crippen LogP contribution in [0.2, 0.25) is 0 Å². The molecular weight excluding hydrogens is 278 g/mol. The predicted octanol–water partition coefficient (Wildman–Crippen LogP) is 2.60. The van der Waals surface area contributed by atoms with Crippen LogP contribution in [-0.2, 0) is 13.1 Å². The Labute approximate surface area is 130 Å². The quantitative estimate of drug-likeness (QED) is 0.608. The van der Waals surface area contributed by atoms with Gasteiger partial charge in [-0.2, -0.15) is 0 Å². The van der Waals surface area contributed by atoms with Gasteiger partial charge in [0.05, 0.1) is 12.7 Å². The Kier molecular flexibility index (Phi) is 3.37. The molecule has 2 aliphatic rings. The second-order valence-corrected chi connectivity index (χ2v) is 6.62. The summed E-state index contributed by atoms with van der Waals surface area (Å²) in [6.07, 6.45) is 6.81. The van der Waals surface area contributed by atoms with Crippen LogP contribution in [-0.4, -0.2) is 15.9 Å². The SMILES string of the molecule is C[C@@H]1C[C@@H]1c1ccc(CN(Cc2nccc[n+]2[O-])C2CC2)o1. The van der Waals surface area contributed by atoms with E-state index in [9.17, 15) is 5.21 Å². The molecule has 0 aliphatic heterocycles. The van der Waals surface area contributed by atoms with Gasteiger partial charge in [0.2, 0.25) is 0 Å². The summed E-state index contributed by atoms with van der Waals surface area (Å²) in [5.74, 6) is 4.04. The van der Waals surface area contributed by atoms with Crippen LogP contribution in [0.5, 0.6) is 0 Å². The highest BCUT2D eigenvalue weighted by Gasteiger charge is 2.37. The Morgan fingerprint density at radius 2 is 2.18 bits per heavy atom. The van der Waals surface area contributed by atoms with Gasteiger partial charge in [-0.1, -0.05) is 11.9 Å². The van der Waals surface area contributed by atoms with E-state index in [0.717, 1.165) is 28.7 Å². The smallest absolute Gasteiger partial charge is 0.315 e. The normalized spacial score (nSPS) is 23.9. The van der Waals surface area contributed by atoms with E-state index in [-0.39, 0.29) is 0 Å². The van der Waals surface area contributed by atoms with Crippen molar-refractivity contribution < 1.29 is 9.15 Å². The van der Waals surface area contributed by atoms with Crippen LogP contribution in [0.4, 0.5) is 0 Å². The second kappa shape index (κ2) is 5.39. The van der Waals surface area contributed by atoms with Crippen molar-refractivity contribution in [1.82, 2.24) is 9.88 Å². The maximum absolute atomic E-state index is 11.8. The number of rotatable bonds is 6. The van der Waals surface area contributed by atoms with Crippen LogP contribution in [0.3, 0.4) is 0 Å². The number of hydrogen-bond acceptors (Lipinski definition) is 4. The van der Waals surface area contributed by atoms with Crippen molar-refractivity contribution in [3.63, 3.8) is 0 Å². The Morgan fingerprint density at radius 3 is 2.86 bits per heavy atom. The van der Waals surface area contributed by atoms with Crippen molar-refractivity contribution in [3.05, 3.63) is 53.1 Å². The lowest BCUT2D eigenvalue weighted by Gasteiger charge is -2.19. The molecule has 4 rings (SSSR count). The largest absolute Gasteiger partial charge is 0.711 e. The molecule has 2 aromatic heterocycles. The second-order valence-electron chi connectivity index (χ2n) is 6.62. The topological polar surface area (TPSA) is 56.2 Å². The van der Waals surface area contributed by atoms with Gasteiger partial charge < -0.3 is 9.62 Å². The highest BCUT2D eigenvalue weighted by molar-refractivity contribution is 5.17. The van der Waals surface area contributed by atoms with Crippen molar-refractivity contribution in [2.24, 2.45) is 5.92 Å².